The highest BCUT2D eigenvalue weighted by molar-refractivity contribution is 6.51. The third-order valence-electron chi connectivity index (χ3n) is 4.65. The Morgan fingerprint density at radius 3 is 2.21 bits per heavy atom. The highest BCUT2D eigenvalue weighted by Crippen LogP contribution is 2.40. The molecule has 1 aliphatic heterocycles. The van der Waals surface area contributed by atoms with Crippen molar-refractivity contribution in [3.05, 3.63) is 95.3 Å². The van der Waals surface area contributed by atoms with Gasteiger partial charge in [-0.05, 0) is 18.6 Å². The molecule has 1 N–H and O–H groups in total. The maximum absolute atomic E-state index is 12.9. The van der Waals surface area contributed by atoms with Gasteiger partial charge in [-0.2, -0.15) is 0 Å². The van der Waals surface area contributed by atoms with Crippen LogP contribution in [-0.2, 0) is 9.59 Å². The molecule has 1 atom stereocenters. The Balaban J connectivity index is 1.95. The summed E-state index contributed by atoms with van der Waals surface area (Å²) in [6, 6.07) is 17.0. The monoisotopic (exact) mass is 371 g/mol. The lowest BCUT2D eigenvalue weighted by Gasteiger charge is -2.23. The molecular weight excluding hydrogens is 354 g/mol. The number of aliphatic hydroxyl groups excluding tert-OH is 1. The Bertz CT molecular complexity index is 1060. The number of aliphatic hydroxyl groups is 1. The molecule has 1 amide bonds. The molecule has 0 aliphatic carbocycles. The van der Waals surface area contributed by atoms with Gasteiger partial charge in [0.15, 0.2) is 0 Å². The topological polar surface area (TPSA) is 83.4 Å². The molecule has 2 heterocycles. The third-order valence-corrected chi connectivity index (χ3v) is 4.65. The molecule has 6 heteroatoms. The van der Waals surface area contributed by atoms with Gasteiger partial charge in [-0.1, -0.05) is 60.2 Å². The number of Topliss-reactive ketones (excluding diaryl/α,β-unsaturated/α-hetero) is 1. The average Bonchev–Trinajstić information content (AvgIpc) is 3.00. The average molecular weight is 371 g/mol. The SMILES string of the molecule is Cc1ccc(C2C(=C(O)c3ccccc3)C(=O)C(=O)N2c2ncccn2)cc1. The van der Waals surface area contributed by atoms with E-state index in [1.54, 1.807) is 30.3 Å². The van der Waals surface area contributed by atoms with Crippen molar-refractivity contribution in [1.29, 1.82) is 0 Å². The van der Waals surface area contributed by atoms with Gasteiger partial charge in [-0.3, -0.25) is 14.5 Å². The van der Waals surface area contributed by atoms with Crippen LogP contribution < -0.4 is 4.90 Å². The van der Waals surface area contributed by atoms with Crippen LogP contribution in [0.5, 0.6) is 0 Å². The van der Waals surface area contributed by atoms with Crippen molar-refractivity contribution < 1.29 is 14.7 Å². The number of amides is 1. The van der Waals surface area contributed by atoms with E-state index in [0.717, 1.165) is 5.56 Å². The molecule has 1 aliphatic rings. The lowest BCUT2D eigenvalue weighted by Crippen LogP contribution is -2.31. The van der Waals surface area contributed by atoms with Crippen molar-refractivity contribution in [3.63, 3.8) is 0 Å². The first-order valence-electron chi connectivity index (χ1n) is 8.78. The number of rotatable bonds is 3. The third kappa shape index (κ3) is 2.95. The van der Waals surface area contributed by atoms with Crippen molar-refractivity contribution in [2.24, 2.45) is 0 Å². The van der Waals surface area contributed by atoms with E-state index in [0.29, 0.717) is 11.1 Å². The van der Waals surface area contributed by atoms with Crippen molar-refractivity contribution in [2.45, 2.75) is 13.0 Å². The van der Waals surface area contributed by atoms with Gasteiger partial charge in [0.05, 0.1) is 11.6 Å². The first-order valence-corrected chi connectivity index (χ1v) is 8.78. The summed E-state index contributed by atoms with van der Waals surface area (Å²) in [5.41, 5.74) is 2.22. The lowest BCUT2D eigenvalue weighted by molar-refractivity contribution is -0.132. The van der Waals surface area contributed by atoms with Crippen molar-refractivity contribution >= 4 is 23.4 Å². The van der Waals surface area contributed by atoms with Crippen LogP contribution in [-0.4, -0.2) is 26.8 Å². The molecule has 0 radical (unpaired) electrons. The van der Waals surface area contributed by atoms with Crippen molar-refractivity contribution in [2.75, 3.05) is 4.90 Å². The fourth-order valence-corrected chi connectivity index (χ4v) is 3.27. The van der Waals surface area contributed by atoms with Gasteiger partial charge < -0.3 is 5.11 Å². The number of ketones is 1. The molecule has 138 valence electrons. The van der Waals surface area contributed by atoms with Gasteiger partial charge >= 0.3 is 5.91 Å². The largest absolute Gasteiger partial charge is 0.507 e. The molecule has 28 heavy (non-hydrogen) atoms. The number of hydrogen-bond acceptors (Lipinski definition) is 5. The predicted octanol–water partition coefficient (Wildman–Crippen LogP) is 3.41. The van der Waals surface area contributed by atoms with Gasteiger partial charge in [-0.25, -0.2) is 9.97 Å². The number of carbonyl (C=O) groups is 2. The Morgan fingerprint density at radius 2 is 1.57 bits per heavy atom. The first-order chi connectivity index (χ1) is 13.6. The minimum atomic E-state index is -0.816. The normalized spacial score (nSPS) is 18.5. The summed E-state index contributed by atoms with van der Waals surface area (Å²) in [5.74, 6) is -1.64. The summed E-state index contributed by atoms with van der Waals surface area (Å²) >= 11 is 0. The molecule has 1 unspecified atom stereocenters. The summed E-state index contributed by atoms with van der Waals surface area (Å²) in [4.78, 5) is 35.3. The molecule has 1 fully saturated rings. The Kier molecular flexibility index (Phi) is 4.45. The van der Waals surface area contributed by atoms with Gasteiger partial charge in [0.2, 0.25) is 5.95 Å². The van der Waals surface area contributed by atoms with E-state index in [9.17, 15) is 14.7 Å². The Labute approximate surface area is 161 Å². The van der Waals surface area contributed by atoms with E-state index in [1.165, 1.54) is 17.3 Å². The fourth-order valence-electron chi connectivity index (χ4n) is 3.27. The summed E-state index contributed by atoms with van der Waals surface area (Å²) < 4.78 is 0. The predicted molar refractivity (Wildman–Crippen MR) is 104 cm³/mol. The molecular formula is C22H17N3O3. The second kappa shape index (κ2) is 7.08. The number of anilines is 1. The molecule has 0 saturated carbocycles. The van der Waals surface area contributed by atoms with Crippen LogP contribution >= 0.6 is 0 Å². The Morgan fingerprint density at radius 1 is 0.929 bits per heavy atom. The van der Waals surface area contributed by atoms with Gasteiger partial charge in [-0.15, -0.1) is 0 Å². The van der Waals surface area contributed by atoms with Crippen molar-refractivity contribution in [3.8, 4) is 0 Å². The summed E-state index contributed by atoms with van der Waals surface area (Å²) in [7, 11) is 0. The molecule has 4 rings (SSSR count). The maximum Gasteiger partial charge on any atom is 0.302 e. The fraction of sp³-hybridized carbons (Fsp3) is 0.0909. The number of benzene rings is 2. The standard InChI is InChI=1S/C22H17N3O3/c1-14-8-10-15(11-9-14)18-17(19(26)16-6-3-2-4-7-16)20(27)21(28)25(18)22-23-12-5-13-24-22/h2-13,18,26H,1H3. The van der Waals surface area contributed by atoms with E-state index in [-0.39, 0.29) is 17.3 Å². The smallest absolute Gasteiger partial charge is 0.302 e. The van der Waals surface area contributed by atoms with E-state index in [1.807, 2.05) is 37.3 Å². The van der Waals surface area contributed by atoms with E-state index < -0.39 is 17.7 Å². The van der Waals surface area contributed by atoms with Crippen LogP contribution in [0.2, 0.25) is 0 Å². The van der Waals surface area contributed by atoms with Gasteiger partial charge in [0.1, 0.15) is 5.76 Å². The van der Waals surface area contributed by atoms with Gasteiger partial charge in [0, 0.05) is 18.0 Å². The van der Waals surface area contributed by atoms with E-state index in [2.05, 4.69) is 9.97 Å². The zero-order chi connectivity index (χ0) is 19.7. The number of aromatic nitrogens is 2. The molecule has 0 bridgehead atoms. The van der Waals surface area contributed by atoms with Crippen LogP contribution in [0.25, 0.3) is 5.76 Å². The second-order valence-corrected chi connectivity index (χ2v) is 6.49. The number of carbonyl (C=O) groups excluding carboxylic acids is 2. The number of hydrogen-bond donors (Lipinski definition) is 1. The van der Waals surface area contributed by atoms with Crippen LogP contribution in [0, 0.1) is 6.92 Å². The first kappa shape index (κ1) is 17.6. The quantitative estimate of drug-likeness (QED) is 0.433. The maximum atomic E-state index is 12.9. The second-order valence-electron chi connectivity index (χ2n) is 6.49. The highest BCUT2D eigenvalue weighted by Gasteiger charge is 2.48. The highest BCUT2D eigenvalue weighted by atomic mass is 16.3. The van der Waals surface area contributed by atoms with Crippen LogP contribution in [0.3, 0.4) is 0 Å². The molecule has 1 saturated heterocycles. The molecule has 2 aromatic carbocycles. The van der Waals surface area contributed by atoms with Crippen LogP contribution in [0.1, 0.15) is 22.7 Å². The minimum absolute atomic E-state index is 0.0208. The molecule has 3 aromatic rings. The van der Waals surface area contributed by atoms with E-state index in [4.69, 9.17) is 0 Å². The van der Waals surface area contributed by atoms with Gasteiger partial charge in [0.25, 0.3) is 5.78 Å². The van der Waals surface area contributed by atoms with Crippen LogP contribution in [0.15, 0.2) is 78.6 Å². The van der Waals surface area contributed by atoms with E-state index >= 15 is 0 Å². The summed E-state index contributed by atoms with van der Waals surface area (Å²) in [6.45, 7) is 1.95. The zero-order valence-electron chi connectivity index (χ0n) is 15.1. The lowest BCUT2D eigenvalue weighted by atomic mass is 9.95. The Hall–Kier alpha value is -3.80. The van der Waals surface area contributed by atoms with Crippen molar-refractivity contribution in [1.82, 2.24) is 9.97 Å². The number of nitrogens with zero attached hydrogens (tertiary/aromatic N) is 3. The zero-order valence-corrected chi connectivity index (χ0v) is 15.1. The molecule has 6 nitrogen and oxygen atoms in total. The summed E-state index contributed by atoms with van der Waals surface area (Å²) in [6.07, 6.45) is 3.01. The minimum Gasteiger partial charge on any atom is -0.507 e. The number of aryl methyl sites for hydroxylation is 1. The molecule has 1 aromatic heterocycles. The van der Waals surface area contributed by atoms with Crippen LogP contribution in [0.4, 0.5) is 5.95 Å². The molecule has 0 spiro atoms. The summed E-state index contributed by atoms with van der Waals surface area (Å²) in [5, 5.41) is 10.9.